The maximum Gasteiger partial charge on any atom is 0.263 e. The molecule has 5 rings (SSSR count). The number of nitrogens with one attached hydrogen (secondary N) is 2. The van der Waals surface area contributed by atoms with Gasteiger partial charge in [-0.2, -0.15) is 19.9 Å². The van der Waals surface area contributed by atoms with E-state index in [2.05, 4.69) is 25.5 Å². The molecule has 0 aliphatic heterocycles. The minimum absolute atomic E-state index is 0.0486. The number of H-pyrrole nitrogens is 1. The number of aromatic nitrogens is 6. The van der Waals surface area contributed by atoms with E-state index in [1.165, 1.54) is 23.0 Å². The van der Waals surface area contributed by atoms with E-state index in [0.29, 0.717) is 28.1 Å². The second-order valence-corrected chi connectivity index (χ2v) is 8.39. The molecule has 0 saturated heterocycles. The third-order valence-electron chi connectivity index (χ3n) is 5.74. The molecule has 0 unspecified atom stereocenters. The molecule has 176 valence electrons. The number of carbonyl (C=O) groups excluding carboxylic acids is 1. The fourth-order valence-corrected chi connectivity index (χ4v) is 3.78. The van der Waals surface area contributed by atoms with E-state index in [4.69, 9.17) is 0 Å². The van der Waals surface area contributed by atoms with Crippen molar-refractivity contribution in [2.75, 3.05) is 5.32 Å². The predicted octanol–water partition coefficient (Wildman–Crippen LogP) is 3.54. The van der Waals surface area contributed by atoms with E-state index < -0.39 is 0 Å². The van der Waals surface area contributed by atoms with Crippen LogP contribution < -0.4 is 10.9 Å². The molecule has 0 aliphatic carbocycles. The van der Waals surface area contributed by atoms with Crippen LogP contribution in [0.25, 0.3) is 22.7 Å². The van der Waals surface area contributed by atoms with Gasteiger partial charge in [0.15, 0.2) is 5.65 Å². The van der Waals surface area contributed by atoms with E-state index in [9.17, 15) is 14.0 Å². The molecule has 0 spiro atoms. The van der Waals surface area contributed by atoms with Crippen LogP contribution in [0, 0.1) is 26.6 Å². The molecule has 35 heavy (non-hydrogen) atoms. The number of halogens is 1. The van der Waals surface area contributed by atoms with Gasteiger partial charge in [0.2, 0.25) is 11.9 Å². The lowest BCUT2D eigenvalue weighted by Crippen LogP contribution is -2.20. The highest BCUT2D eigenvalue weighted by atomic mass is 19.1. The van der Waals surface area contributed by atoms with Crippen LogP contribution in [0.2, 0.25) is 0 Å². The number of carbonyl (C=O) groups is 1. The molecule has 3 aromatic heterocycles. The molecule has 5 aromatic rings. The molecule has 0 radical (unpaired) electrons. The summed E-state index contributed by atoms with van der Waals surface area (Å²) in [6.45, 7) is 5.79. The van der Waals surface area contributed by atoms with Crippen molar-refractivity contribution in [3.8, 4) is 11.6 Å². The molecule has 0 atom stereocenters. The molecule has 1 amide bonds. The number of fused-ring (bicyclic) bond motifs is 1. The van der Waals surface area contributed by atoms with Gasteiger partial charge >= 0.3 is 0 Å². The number of hydrogen-bond acceptors (Lipinski definition) is 5. The Kier molecular flexibility index (Phi) is 5.48. The molecular weight excluding hydrogens is 449 g/mol. The van der Waals surface area contributed by atoms with E-state index in [-0.39, 0.29) is 29.7 Å². The van der Waals surface area contributed by atoms with Gasteiger partial charge in [0.25, 0.3) is 5.56 Å². The molecule has 2 N–H and O–H groups in total. The lowest BCUT2D eigenvalue weighted by Gasteiger charge is -2.10. The molecule has 0 saturated carbocycles. The molecule has 2 aromatic carbocycles. The zero-order valence-electron chi connectivity index (χ0n) is 19.3. The maximum atomic E-state index is 13.2. The summed E-state index contributed by atoms with van der Waals surface area (Å²) in [5.74, 6) is -0.206. The van der Waals surface area contributed by atoms with Gasteiger partial charge in [-0.3, -0.25) is 14.6 Å². The van der Waals surface area contributed by atoms with Gasteiger partial charge < -0.3 is 5.32 Å². The Morgan fingerprint density at radius 1 is 1.03 bits per heavy atom. The first-order valence-corrected chi connectivity index (χ1v) is 11.0. The number of rotatable bonds is 5. The first-order valence-electron chi connectivity index (χ1n) is 11.0. The van der Waals surface area contributed by atoms with Crippen molar-refractivity contribution in [3.63, 3.8) is 0 Å². The first kappa shape index (κ1) is 22.2. The highest BCUT2D eigenvalue weighted by molar-refractivity contribution is 5.91. The number of aromatic amines is 1. The Morgan fingerprint density at radius 3 is 2.54 bits per heavy atom. The van der Waals surface area contributed by atoms with Crippen molar-refractivity contribution in [1.82, 2.24) is 29.5 Å². The normalized spacial score (nSPS) is 11.2. The summed E-state index contributed by atoms with van der Waals surface area (Å²) in [6.07, 6.45) is 1.52. The minimum Gasteiger partial charge on any atom is -0.310 e. The average Bonchev–Trinajstić information content (AvgIpc) is 3.41. The van der Waals surface area contributed by atoms with Crippen LogP contribution in [-0.2, 0) is 11.2 Å². The molecule has 9 nitrogen and oxygen atoms in total. The van der Waals surface area contributed by atoms with E-state index in [1.54, 1.807) is 29.8 Å². The smallest absolute Gasteiger partial charge is 0.263 e. The Hall–Kier alpha value is -4.60. The van der Waals surface area contributed by atoms with Gasteiger partial charge in [-0.15, -0.1) is 0 Å². The lowest BCUT2D eigenvalue weighted by molar-refractivity contribution is -0.115. The van der Waals surface area contributed by atoms with Crippen molar-refractivity contribution in [2.45, 2.75) is 27.2 Å². The maximum absolute atomic E-state index is 13.2. The third kappa shape index (κ3) is 4.33. The molecule has 0 aliphatic rings. The zero-order chi connectivity index (χ0) is 24.7. The molecule has 10 heteroatoms. The van der Waals surface area contributed by atoms with Crippen LogP contribution in [0.15, 0.2) is 59.5 Å². The number of benzene rings is 2. The summed E-state index contributed by atoms with van der Waals surface area (Å²) in [7, 11) is 0. The highest BCUT2D eigenvalue weighted by Crippen LogP contribution is 2.20. The Morgan fingerprint density at radius 2 is 1.80 bits per heavy atom. The van der Waals surface area contributed by atoms with Gasteiger partial charge in [-0.05, 0) is 61.7 Å². The SMILES string of the molecule is Cc1cc(NC(=O)Cc2ccc(F)cc2)n(-c2nc3c(cnn3-c3ccc(C)c(C)c3)c(=O)[nH]2)n1. The van der Waals surface area contributed by atoms with Gasteiger partial charge in [0, 0.05) is 6.07 Å². The summed E-state index contributed by atoms with van der Waals surface area (Å²) in [5.41, 5.74) is 4.27. The predicted molar refractivity (Wildman–Crippen MR) is 130 cm³/mol. The average molecular weight is 471 g/mol. The summed E-state index contributed by atoms with van der Waals surface area (Å²) in [6, 6.07) is 13.3. The number of aryl methyl sites for hydroxylation is 3. The van der Waals surface area contributed by atoms with Gasteiger partial charge in [0.05, 0.1) is 24.0 Å². The lowest BCUT2D eigenvalue weighted by atomic mass is 10.1. The first-order chi connectivity index (χ1) is 16.8. The standard InChI is InChI=1S/C25H22FN7O2/c1-14-4-9-19(10-15(14)2)32-23-20(13-27-32)24(35)30-25(29-23)33-21(11-16(3)31-33)28-22(34)12-17-5-7-18(26)8-6-17/h4-11,13H,12H2,1-3H3,(H,28,34)(H,29,30,35). The van der Waals surface area contributed by atoms with E-state index in [1.807, 2.05) is 32.0 Å². The Labute approximate surface area is 199 Å². The van der Waals surface area contributed by atoms with Crippen LogP contribution in [-0.4, -0.2) is 35.4 Å². The molecule has 3 heterocycles. The number of anilines is 1. The number of hydrogen-bond donors (Lipinski definition) is 2. The number of amides is 1. The highest BCUT2D eigenvalue weighted by Gasteiger charge is 2.17. The second-order valence-electron chi connectivity index (χ2n) is 8.39. The largest absolute Gasteiger partial charge is 0.310 e. The van der Waals surface area contributed by atoms with Gasteiger partial charge in [-0.25, -0.2) is 9.07 Å². The Bertz CT molecular complexity index is 1630. The Balaban J connectivity index is 1.52. The minimum atomic E-state index is -0.378. The van der Waals surface area contributed by atoms with Crippen molar-refractivity contribution < 1.29 is 9.18 Å². The zero-order valence-corrected chi connectivity index (χ0v) is 19.3. The van der Waals surface area contributed by atoms with Crippen molar-refractivity contribution >= 4 is 22.8 Å². The van der Waals surface area contributed by atoms with Crippen LogP contribution in [0.3, 0.4) is 0 Å². The summed E-state index contributed by atoms with van der Waals surface area (Å²) in [4.78, 5) is 32.8. The monoisotopic (exact) mass is 471 g/mol. The quantitative estimate of drug-likeness (QED) is 0.407. The molecular formula is C25H22FN7O2. The summed E-state index contributed by atoms with van der Waals surface area (Å²) < 4.78 is 16.1. The summed E-state index contributed by atoms with van der Waals surface area (Å²) >= 11 is 0. The van der Waals surface area contributed by atoms with E-state index in [0.717, 1.165) is 16.8 Å². The van der Waals surface area contributed by atoms with Crippen LogP contribution in [0.1, 0.15) is 22.4 Å². The fourth-order valence-electron chi connectivity index (χ4n) is 3.78. The van der Waals surface area contributed by atoms with E-state index >= 15 is 0 Å². The van der Waals surface area contributed by atoms with Crippen LogP contribution in [0.4, 0.5) is 10.2 Å². The topological polar surface area (TPSA) is 110 Å². The van der Waals surface area contributed by atoms with Crippen molar-refractivity contribution in [3.05, 3.63) is 93.3 Å². The molecule has 0 fully saturated rings. The second kappa shape index (κ2) is 8.64. The molecule has 0 bridgehead atoms. The van der Waals surface area contributed by atoms with Crippen molar-refractivity contribution in [2.24, 2.45) is 0 Å². The fraction of sp³-hybridized carbons (Fsp3) is 0.160. The third-order valence-corrected chi connectivity index (χ3v) is 5.74. The van der Waals surface area contributed by atoms with Gasteiger partial charge in [0.1, 0.15) is 17.0 Å². The van der Waals surface area contributed by atoms with Crippen LogP contribution in [0.5, 0.6) is 0 Å². The van der Waals surface area contributed by atoms with Crippen LogP contribution >= 0.6 is 0 Å². The summed E-state index contributed by atoms with van der Waals surface area (Å²) in [5, 5.41) is 11.9. The van der Waals surface area contributed by atoms with Gasteiger partial charge in [-0.1, -0.05) is 18.2 Å². The number of nitrogens with zero attached hydrogens (tertiary/aromatic N) is 5. The van der Waals surface area contributed by atoms with Crippen molar-refractivity contribution in [1.29, 1.82) is 0 Å².